The predicted octanol–water partition coefficient (Wildman–Crippen LogP) is 1.63. The standard InChI is InChI=1S/C16H29N3O/c1-2-16(20)17-9-6-10-18-11-13-19(14-12-18)15-7-4-3-5-8-15/h2,15H,1,3-14H2,(H,17,20). The number of carbonyl (C=O) groups is 1. The molecule has 0 radical (unpaired) electrons. The molecule has 20 heavy (non-hydrogen) atoms. The third-order valence-corrected chi connectivity index (χ3v) is 4.63. The second-order valence-electron chi connectivity index (χ2n) is 6.02. The number of hydrogen-bond donors (Lipinski definition) is 1. The van der Waals surface area contributed by atoms with E-state index in [9.17, 15) is 4.79 Å². The van der Waals surface area contributed by atoms with Crippen molar-refractivity contribution in [3.8, 4) is 0 Å². The molecule has 1 aliphatic carbocycles. The summed E-state index contributed by atoms with van der Waals surface area (Å²) in [7, 11) is 0. The molecule has 1 aliphatic heterocycles. The fourth-order valence-electron chi connectivity index (χ4n) is 3.38. The maximum absolute atomic E-state index is 11.0. The molecule has 0 unspecified atom stereocenters. The molecule has 1 saturated heterocycles. The predicted molar refractivity (Wildman–Crippen MR) is 82.7 cm³/mol. The third-order valence-electron chi connectivity index (χ3n) is 4.63. The molecule has 1 N–H and O–H groups in total. The van der Waals surface area contributed by atoms with E-state index in [0.717, 1.165) is 25.6 Å². The van der Waals surface area contributed by atoms with Crippen LogP contribution in [0, 0.1) is 0 Å². The molecular weight excluding hydrogens is 250 g/mol. The molecule has 4 nitrogen and oxygen atoms in total. The van der Waals surface area contributed by atoms with Gasteiger partial charge in [-0.25, -0.2) is 0 Å². The average Bonchev–Trinajstić information content (AvgIpc) is 2.52. The number of nitrogens with one attached hydrogen (secondary N) is 1. The van der Waals surface area contributed by atoms with Gasteiger partial charge in [-0.1, -0.05) is 25.8 Å². The topological polar surface area (TPSA) is 35.6 Å². The second kappa shape index (κ2) is 8.42. The zero-order valence-corrected chi connectivity index (χ0v) is 12.6. The summed E-state index contributed by atoms with van der Waals surface area (Å²) in [5.41, 5.74) is 0. The molecule has 1 amide bonds. The van der Waals surface area contributed by atoms with E-state index in [0.29, 0.717) is 0 Å². The molecule has 0 aromatic heterocycles. The average molecular weight is 279 g/mol. The smallest absolute Gasteiger partial charge is 0.243 e. The third kappa shape index (κ3) is 4.91. The monoisotopic (exact) mass is 279 g/mol. The minimum Gasteiger partial charge on any atom is -0.353 e. The number of piperazine rings is 1. The fourth-order valence-corrected chi connectivity index (χ4v) is 3.38. The van der Waals surface area contributed by atoms with Gasteiger partial charge < -0.3 is 10.2 Å². The zero-order valence-electron chi connectivity index (χ0n) is 12.6. The number of nitrogens with zero attached hydrogens (tertiary/aromatic N) is 2. The van der Waals surface area contributed by atoms with E-state index in [1.165, 1.54) is 64.4 Å². The SMILES string of the molecule is C=CC(=O)NCCCN1CCN(C2CCCCC2)CC1. The summed E-state index contributed by atoms with van der Waals surface area (Å²) in [5.74, 6) is -0.0629. The number of hydrogen-bond acceptors (Lipinski definition) is 3. The van der Waals surface area contributed by atoms with Crippen molar-refractivity contribution in [1.29, 1.82) is 0 Å². The van der Waals surface area contributed by atoms with Gasteiger partial charge in [-0.3, -0.25) is 9.69 Å². The fraction of sp³-hybridized carbons (Fsp3) is 0.812. The highest BCUT2D eigenvalue weighted by atomic mass is 16.1. The van der Waals surface area contributed by atoms with Gasteiger partial charge in [-0.15, -0.1) is 0 Å². The van der Waals surface area contributed by atoms with Crippen LogP contribution < -0.4 is 5.32 Å². The van der Waals surface area contributed by atoms with Crippen LogP contribution >= 0.6 is 0 Å². The Morgan fingerprint density at radius 1 is 1.15 bits per heavy atom. The van der Waals surface area contributed by atoms with Gasteiger partial charge in [0.2, 0.25) is 5.91 Å². The van der Waals surface area contributed by atoms with Crippen LogP contribution in [0.2, 0.25) is 0 Å². The highest BCUT2D eigenvalue weighted by Gasteiger charge is 2.24. The molecule has 1 heterocycles. The van der Waals surface area contributed by atoms with Gasteiger partial charge in [-0.2, -0.15) is 0 Å². The summed E-state index contributed by atoms with van der Waals surface area (Å²) in [4.78, 5) is 16.3. The van der Waals surface area contributed by atoms with E-state index in [1.807, 2.05) is 0 Å². The maximum atomic E-state index is 11.0. The molecule has 0 atom stereocenters. The van der Waals surface area contributed by atoms with Crippen LogP contribution in [-0.4, -0.2) is 61.0 Å². The van der Waals surface area contributed by atoms with E-state index in [-0.39, 0.29) is 5.91 Å². The van der Waals surface area contributed by atoms with Crippen LogP contribution in [0.4, 0.5) is 0 Å². The molecule has 0 aromatic carbocycles. The molecule has 114 valence electrons. The van der Waals surface area contributed by atoms with E-state index < -0.39 is 0 Å². The molecule has 2 aliphatic rings. The molecule has 0 bridgehead atoms. The summed E-state index contributed by atoms with van der Waals surface area (Å²) in [6, 6.07) is 0.859. The largest absolute Gasteiger partial charge is 0.353 e. The van der Waals surface area contributed by atoms with Crippen molar-refractivity contribution in [2.24, 2.45) is 0 Å². The molecule has 0 spiro atoms. The van der Waals surface area contributed by atoms with Crippen LogP contribution in [0.1, 0.15) is 38.5 Å². The molecular formula is C16H29N3O. The van der Waals surface area contributed by atoms with Gasteiger partial charge in [-0.05, 0) is 31.9 Å². The minimum absolute atomic E-state index is 0.0629. The number of carbonyl (C=O) groups excluding carboxylic acids is 1. The zero-order chi connectivity index (χ0) is 14.2. The van der Waals surface area contributed by atoms with Crippen molar-refractivity contribution in [3.63, 3.8) is 0 Å². The number of rotatable bonds is 6. The van der Waals surface area contributed by atoms with Crippen LogP contribution in [0.3, 0.4) is 0 Å². The Kier molecular flexibility index (Phi) is 6.54. The molecule has 2 rings (SSSR count). The van der Waals surface area contributed by atoms with E-state index >= 15 is 0 Å². The Balaban J connectivity index is 1.57. The van der Waals surface area contributed by atoms with Gasteiger partial charge in [0.25, 0.3) is 0 Å². The first-order valence-electron chi connectivity index (χ1n) is 8.16. The Morgan fingerprint density at radius 2 is 1.85 bits per heavy atom. The lowest BCUT2D eigenvalue weighted by Gasteiger charge is -2.40. The normalized spacial score (nSPS) is 22.6. The lowest BCUT2D eigenvalue weighted by atomic mass is 9.94. The molecule has 4 heteroatoms. The molecule has 2 fully saturated rings. The first kappa shape index (κ1) is 15.5. The number of amides is 1. The first-order chi connectivity index (χ1) is 9.79. The van der Waals surface area contributed by atoms with Gasteiger partial charge in [0.1, 0.15) is 0 Å². The van der Waals surface area contributed by atoms with Gasteiger partial charge in [0.15, 0.2) is 0 Å². The highest BCUT2D eigenvalue weighted by Crippen LogP contribution is 2.23. The van der Waals surface area contributed by atoms with Crippen molar-refractivity contribution in [2.45, 2.75) is 44.6 Å². The molecule has 0 aromatic rings. The van der Waals surface area contributed by atoms with Gasteiger partial charge in [0, 0.05) is 38.8 Å². The van der Waals surface area contributed by atoms with E-state index in [1.54, 1.807) is 0 Å². The van der Waals surface area contributed by atoms with Gasteiger partial charge in [0.05, 0.1) is 0 Å². The lowest BCUT2D eigenvalue weighted by Crippen LogP contribution is -2.51. The van der Waals surface area contributed by atoms with Crippen molar-refractivity contribution in [2.75, 3.05) is 39.3 Å². The van der Waals surface area contributed by atoms with Crippen LogP contribution in [0.5, 0.6) is 0 Å². The van der Waals surface area contributed by atoms with Crippen molar-refractivity contribution in [3.05, 3.63) is 12.7 Å². The summed E-state index contributed by atoms with van der Waals surface area (Å²) < 4.78 is 0. The Labute approximate surface area is 123 Å². The Hall–Kier alpha value is -0.870. The van der Waals surface area contributed by atoms with Crippen molar-refractivity contribution >= 4 is 5.91 Å². The quantitative estimate of drug-likeness (QED) is 0.593. The summed E-state index contributed by atoms with van der Waals surface area (Å²) >= 11 is 0. The Bertz CT molecular complexity index is 305. The highest BCUT2D eigenvalue weighted by molar-refractivity contribution is 5.86. The van der Waals surface area contributed by atoms with Crippen LogP contribution in [0.15, 0.2) is 12.7 Å². The van der Waals surface area contributed by atoms with Crippen molar-refractivity contribution < 1.29 is 4.79 Å². The first-order valence-corrected chi connectivity index (χ1v) is 8.16. The van der Waals surface area contributed by atoms with E-state index in [2.05, 4.69) is 21.7 Å². The molecule has 1 saturated carbocycles. The minimum atomic E-state index is -0.0629. The van der Waals surface area contributed by atoms with Crippen LogP contribution in [-0.2, 0) is 4.79 Å². The lowest BCUT2D eigenvalue weighted by molar-refractivity contribution is -0.116. The second-order valence-corrected chi connectivity index (χ2v) is 6.02. The summed E-state index contributed by atoms with van der Waals surface area (Å²) in [5, 5.41) is 2.84. The summed E-state index contributed by atoms with van der Waals surface area (Å²) in [6.45, 7) is 10.1. The summed E-state index contributed by atoms with van der Waals surface area (Å²) in [6.07, 6.45) is 9.47. The Morgan fingerprint density at radius 3 is 2.50 bits per heavy atom. The van der Waals surface area contributed by atoms with Crippen LogP contribution in [0.25, 0.3) is 0 Å². The van der Waals surface area contributed by atoms with Gasteiger partial charge >= 0.3 is 0 Å². The van der Waals surface area contributed by atoms with E-state index in [4.69, 9.17) is 0 Å². The van der Waals surface area contributed by atoms with Crippen molar-refractivity contribution in [1.82, 2.24) is 15.1 Å². The maximum Gasteiger partial charge on any atom is 0.243 e.